The Hall–Kier alpha value is -3.10. The van der Waals surface area contributed by atoms with E-state index in [1.807, 2.05) is 50.2 Å². The number of anilines is 1. The number of benzene rings is 2. The summed E-state index contributed by atoms with van der Waals surface area (Å²) >= 11 is 0. The third kappa shape index (κ3) is 9.11. The molecule has 0 radical (unpaired) electrons. The molecule has 1 aliphatic rings. The average Bonchev–Trinajstić information content (AvgIpc) is 2.79. The van der Waals surface area contributed by atoms with Gasteiger partial charge in [0.05, 0.1) is 19.6 Å². The molecule has 0 spiro atoms. The van der Waals surface area contributed by atoms with Crippen LogP contribution < -0.4 is 20.7 Å². The predicted molar refractivity (Wildman–Crippen MR) is 128 cm³/mol. The lowest BCUT2D eigenvalue weighted by Crippen LogP contribution is -2.38. The van der Waals surface area contributed by atoms with Crippen LogP contribution in [0.5, 0.6) is 5.75 Å². The molecule has 3 N–H and O–H groups in total. The van der Waals surface area contributed by atoms with Crippen LogP contribution in [-0.2, 0) is 22.5 Å². The predicted octanol–water partition coefficient (Wildman–Crippen LogP) is 2.79. The standard InChI is InChI=1S/C25H34N4O4/c1-19(2)27-24(30)17-20-6-8-22(9-7-20)28-25(31)26-18-21-4-3-5-23(16-21)33-15-12-29-10-13-32-14-11-29/h3-9,16,19H,10-15,17-18H2,1-2H3,(H,27,30)(H2,26,28,31). The third-order valence-corrected chi connectivity index (χ3v) is 5.16. The fourth-order valence-electron chi connectivity index (χ4n) is 3.48. The van der Waals surface area contributed by atoms with Gasteiger partial charge in [-0.3, -0.25) is 9.69 Å². The van der Waals surface area contributed by atoms with Gasteiger partial charge in [0.2, 0.25) is 5.91 Å². The number of nitrogens with zero attached hydrogens (tertiary/aromatic N) is 1. The van der Waals surface area contributed by atoms with Crippen molar-refractivity contribution in [2.45, 2.75) is 32.9 Å². The summed E-state index contributed by atoms with van der Waals surface area (Å²) in [6.45, 7) is 9.18. The molecular formula is C25H34N4O4. The van der Waals surface area contributed by atoms with E-state index >= 15 is 0 Å². The summed E-state index contributed by atoms with van der Waals surface area (Å²) in [5.74, 6) is 0.774. The number of nitrogens with one attached hydrogen (secondary N) is 3. The number of rotatable bonds is 10. The summed E-state index contributed by atoms with van der Waals surface area (Å²) < 4.78 is 11.2. The number of carbonyl (C=O) groups is 2. The van der Waals surface area contributed by atoms with Crippen LogP contribution in [0.4, 0.5) is 10.5 Å². The number of ether oxygens (including phenoxy) is 2. The monoisotopic (exact) mass is 454 g/mol. The van der Waals surface area contributed by atoms with Gasteiger partial charge in [-0.1, -0.05) is 24.3 Å². The van der Waals surface area contributed by atoms with E-state index in [4.69, 9.17) is 9.47 Å². The third-order valence-electron chi connectivity index (χ3n) is 5.16. The molecule has 1 heterocycles. The minimum atomic E-state index is -0.293. The second-order valence-electron chi connectivity index (χ2n) is 8.35. The van der Waals surface area contributed by atoms with Crippen LogP contribution in [0.3, 0.4) is 0 Å². The van der Waals surface area contributed by atoms with Gasteiger partial charge < -0.3 is 25.4 Å². The quantitative estimate of drug-likeness (QED) is 0.514. The van der Waals surface area contributed by atoms with Crippen LogP contribution in [0.1, 0.15) is 25.0 Å². The highest BCUT2D eigenvalue weighted by Gasteiger charge is 2.10. The fourth-order valence-corrected chi connectivity index (χ4v) is 3.48. The molecule has 0 saturated carbocycles. The van der Waals surface area contributed by atoms with Gasteiger partial charge in [0.1, 0.15) is 12.4 Å². The SMILES string of the molecule is CC(C)NC(=O)Cc1ccc(NC(=O)NCc2cccc(OCCN3CCOCC3)c2)cc1. The van der Waals surface area contributed by atoms with Crippen molar-refractivity contribution >= 4 is 17.6 Å². The summed E-state index contributed by atoms with van der Waals surface area (Å²) in [7, 11) is 0. The topological polar surface area (TPSA) is 91.9 Å². The first kappa shape index (κ1) is 24.5. The van der Waals surface area contributed by atoms with Crippen molar-refractivity contribution in [3.05, 3.63) is 59.7 Å². The lowest BCUT2D eigenvalue weighted by atomic mass is 10.1. The average molecular weight is 455 g/mol. The molecule has 0 atom stereocenters. The van der Waals surface area contributed by atoms with Crippen LogP contribution >= 0.6 is 0 Å². The van der Waals surface area contributed by atoms with E-state index < -0.39 is 0 Å². The highest BCUT2D eigenvalue weighted by Crippen LogP contribution is 2.14. The Morgan fingerprint density at radius 1 is 1.06 bits per heavy atom. The summed E-state index contributed by atoms with van der Waals surface area (Å²) in [6, 6.07) is 14.8. The summed E-state index contributed by atoms with van der Waals surface area (Å²) in [4.78, 5) is 26.4. The van der Waals surface area contributed by atoms with Crippen LogP contribution in [0, 0.1) is 0 Å². The highest BCUT2D eigenvalue weighted by molar-refractivity contribution is 5.89. The maximum Gasteiger partial charge on any atom is 0.319 e. The first-order chi connectivity index (χ1) is 16.0. The normalized spacial score (nSPS) is 14.0. The van der Waals surface area contributed by atoms with Gasteiger partial charge in [-0.05, 0) is 49.2 Å². The minimum Gasteiger partial charge on any atom is -0.492 e. The van der Waals surface area contributed by atoms with Gasteiger partial charge in [0.15, 0.2) is 0 Å². The zero-order valence-corrected chi connectivity index (χ0v) is 19.4. The van der Waals surface area contributed by atoms with E-state index in [0.717, 1.165) is 49.7 Å². The number of urea groups is 1. The molecule has 8 nitrogen and oxygen atoms in total. The molecule has 8 heteroatoms. The number of carbonyl (C=O) groups excluding carboxylic acids is 2. The molecule has 178 valence electrons. The van der Waals surface area contributed by atoms with Crippen molar-refractivity contribution in [1.82, 2.24) is 15.5 Å². The number of amides is 3. The van der Waals surface area contributed by atoms with Gasteiger partial charge in [0.25, 0.3) is 0 Å². The Kier molecular flexibility index (Phi) is 9.53. The Morgan fingerprint density at radius 3 is 2.55 bits per heavy atom. The zero-order chi connectivity index (χ0) is 23.5. The van der Waals surface area contributed by atoms with Crippen LogP contribution in [0.15, 0.2) is 48.5 Å². The van der Waals surface area contributed by atoms with Crippen molar-refractivity contribution in [3.8, 4) is 5.75 Å². The second-order valence-corrected chi connectivity index (χ2v) is 8.35. The summed E-state index contributed by atoms with van der Waals surface area (Å²) in [6.07, 6.45) is 0.315. The van der Waals surface area contributed by atoms with Crippen LogP contribution in [0.2, 0.25) is 0 Å². The van der Waals surface area contributed by atoms with Crippen LogP contribution in [0.25, 0.3) is 0 Å². The van der Waals surface area contributed by atoms with Gasteiger partial charge in [0, 0.05) is 37.9 Å². The molecular weight excluding hydrogens is 420 g/mol. The van der Waals surface area contributed by atoms with Crippen molar-refractivity contribution in [2.75, 3.05) is 44.8 Å². The van der Waals surface area contributed by atoms with Crippen molar-refractivity contribution in [3.63, 3.8) is 0 Å². The van der Waals surface area contributed by atoms with Crippen LogP contribution in [-0.4, -0.2) is 62.3 Å². The molecule has 0 bridgehead atoms. The van der Waals surface area contributed by atoms with E-state index in [0.29, 0.717) is 25.3 Å². The molecule has 2 aromatic rings. The number of hydrogen-bond acceptors (Lipinski definition) is 5. The van der Waals surface area contributed by atoms with E-state index in [1.54, 1.807) is 12.1 Å². The Labute approximate surface area is 195 Å². The van der Waals surface area contributed by atoms with E-state index in [-0.39, 0.29) is 18.0 Å². The molecule has 1 saturated heterocycles. The minimum absolute atomic E-state index is 0.0178. The Bertz CT molecular complexity index is 896. The molecule has 0 aliphatic carbocycles. The first-order valence-corrected chi connectivity index (χ1v) is 11.4. The molecule has 0 unspecified atom stereocenters. The van der Waals surface area contributed by atoms with Crippen molar-refractivity contribution in [1.29, 1.82) is 0 Å². The van der Waals surface area contributed by atoms with E-state index in [1.165, 1.54) is 0 Å². The highest BCUT2D eigenvalue weighted by atomic mass is 16.5. The first-order valence-electron chi connectivity index (χ1n) is 11.4. The van der Waals surface area contributed by atoms with Gasteiger partial charge >= 0.3 is 6.03 Å². The largest absolute Gasteiger partial charge is 0.492 e. The van der Waals surface area contributed by atoms with Gasteiger partial charge in [-0.25, -0.2) is 4.79 Å². The molecule has 0 aromatic heterocycles. The lowest BCUT2D eigenvalue weighted by Gasteiger charge is -2.26. The maximum absolute atomic E-state index is 12.3. The van der Waals surface area contributed by atoms with Crippen molar-refractivity contribution < 1.29 is 19.1 Å². The van der Waals surface area contributed by atoms with E-state index in [9.17, 15) is 9.59 Å². The smallest absolute Gasteiger partial charge is 0.319 e. The molecule has 3 rings (SSSR count). The molecule has 3 amide bonds. The number of morpholine rings is 1. The maximum atomic E-state index is 12.3. The summed E-state index contributed by atoms with van der Waals surface area (Å²) in [5, 5.41) is 8.54. The number of hydrogen-bond donors (Lipinski definition) is 3. The summed E-state index contributed by atoms with van der Waals surface area (Å²) in [5.41, 5.74) is 2.52. The van der Waals surface area contributed by atoms with E-state index in [2.05, 4.69) is 20.9 Å². The Morgan fingerprint density at radius 2 is 1.82 bits per heavy atom. The lowest BCUT2D eigenvalue weighted by molar-refractivity contribution is -0.120. The molecule has 2 aromatic carbocycles. The van der Waals surface area contributed by atoms with Gasteiger partial charge in [-0.2, -0.15) is 0 Å². The van der Waals surface area contributed by atoms with Gasteiger partial charge in [-0.15, -0.1) is 0 Å². The molecule has 1 fully saturated rings. The second kappa shape index (κ2) is 12.8. The fraction of sp³-hybridized carbons (Fsp3) is 0.440. The Balaban J connectivity index is 1.39. The molecule has 33 heavy (non-hydrogen) atoms. The molecule has 1 aliphatic heterocycles. The van der Waals surface area contributed by atoms with Crippen molar-refractivity contribution in [2.24, 2.45) is 0 Å². The zero-order valence-electron chi connectivity index (χ0n) is 19.4.